The summed E-state index contributed by atoms with van der Waals surface area (Å²) >= 11 is 8.22. The number of hydrogen-bond donors (Lipinski definition) is 4. The Morgan fingerprint density at radius 2 is 1.71 bits per heavy atom. The highest BCUT2D eigenvalue weighted by atomic mass is 35.5. The zero-order chi connectivity index (χ0) is 56.9. The van der Waals surface area contributed by atoms with Crippen molar-refractivity contribution in [1.82, 2.24) is 40.3 Å². The molecule has 18 nitrogen and oxygen atoms in total. The van der Waals surface area contributed by atoms with Gasteiger partial charge >= 0.3 is 6.01 Å². The molecule has 2 aromatic heterocycles. The predicted octanol–water partition coefficient (Wildman–Crippen LogP) is 7.22. The average molecular weight is 1130 g/mol. The van der Waals surface area contributed by atoms with Crippen molar-refractivity contribution >= 4 is 63.3 Å². The van der Waals surface area contributed by atoms with Crippen LogP contribution in [0.2, 0.25) is 5.02 Å². The summed E-state index contributed by atoms with van der Waals surface area (Å²) in [6.45, 7) is 19.5. The Bertz CT molecular complexity index is 3010. The summed E-state index contributed by atoms with van der Waals surface area (Å²) in [6.07, 6.45) is 1.30. The number of phenolic OH excluding ortho intramolecular Hbond substituents is 1. The second-order valence-corrected chi connectivity index (χ2v) is 22.9. The summed E-state index contributed by atoms with van der Waals surface area (Å²) < 4.78 is 50.0. The van der Waals surface area contributed by atoms with E-state index in [4.69, 9.17) is 30.8 Å². The number of piperazine rings is 1. The third kappa shape index (κ3) is 13.8. The number of rotatable bonds is 19. The summed E-state index contributed by atoms with van der Waals surface area (Å²) in [5, 5.41) is 27.2. The molecule has 0 spiro atoms. The quantitative estimate of drug-likeness (QED) is 0.0475. The molecule has 3 aliphatic rings. The Balaban J connectivity index is 0.808. The van der Waals surface area contributed by atoms with E-state index in [-0.39, 0.29) is 84.4 Å². The number of aliphatic hydroxyl groups excluding tert-OH is 1. The number of likely N-dealkylation sites (tertiary alicyclic amines) is 2. The van der Waals surface area contributed by atoms with Gasteiger partial charge in [-0.25, -0.2) is 13.8 Å². The van der Waals surface area contributed by atoms with Gasteiger partial charge in [0.2, 0.25) is 23.6 Å². The number of ether oxygens (including phenoxy) is 3. The molecule has 22 heteroatoms. The van der Waals surface area contributed by atoms with Crippen LogP contribution in [0.5, 0.6) is 11.8 Å². The van der Waals surface area contributed by atoms with Crippen LogP contribution in [0.1, 0.15) is 78.1 Å². The zero-order valence-electron chi connectivity index (χ0n) is 45.6. The summed E-state index contributed by atoms with van der Waals surface area (Å²) in [7, 11) is 0. The van der Waals surface area contributed by atoms with E-state index >= 15 is 8.78 Å². The van der Waals surface area contributed by atoms with E-state index in [1.165, 1.54) is 29.2 Å². The minimum atomic E-state index is -1.01. The molecule has 3 aromatic carbocycles. The van der Waals surface area contributed by atoms with Gasteiger partial charge in [-0.1, -0.05) is 69.3 Å². The zero-order valence-corrected chi connectivity index (χ0v) is 47.2. The molecule has 0 unspecified atom stereocenters. The second-order valence-electron chi connectivity index (χ2n) is 21.7. The van der Waals surface area contributed by atoms with Crippen molar-refractivity contribution in [2.75, 3.05) is 70.5 Å². The Hall–Kier alpha value is -6.36. The summed E-state index contributed by atoms with van der Waals surface area (Å²) in [5.74, 6) is -3.58. The number of halogens is 3. The molecule has 3 fully saturated rings. The number of amides is 4. The third-order valence-corrected chi connectivity index (χ3v) is 16.0. The lowest BCUT2D eigenvalue weighted by molar-refractivity contribution is -0.144. The van der Waals surface area contributed by atoms with Gasteiger partial charge in [-0.15, -0.1) is 11.3 Å². The smallest absolute Gasteiger partial charge is 0.319 e. The Labute approximate surface area is 468 Å². The SMILES string of the molecule is C=CC(=O)N1CCN(c2nc(O[C@H](C)CN3CCC(OCCOCC(=O)N[C@H](C(=O)N4C[C@H](O)C[C@H]4C(=O)N[C@@H](C)c4ccc(-c5scnc5C)cc4)C(C)(C)C)CC3)nc3c(F)c(-c4c(O)cccc4F)c(Cl)cc23)C[C@H]1C. The number of aromatic hydroxyl groups is 1. The van der Waals surface area contributed by atoms with E-state index in [9.17, 15) is 29.4 Å². The van der Waals surface area contributed by atoms with Crippen molar-refractivity contribution in [3.63, 3.8) is 0 Å². The van der Waals surface area contributed by atoms with Gasteiger partial charge < -0.3 is 49.8 Å². The number of thiazole rings is 1. The van der Waals surface area contributed by atoms with E-state index in [1.54, 1.807) is 21.7 Å². The molecule has 6 atom stereocenters. The molecule has 8 rings (SSSR count). The first-order valence-electron chi connectivity index (χ1n) is 26.6. The highest BCUT2D eigenvalue weighted by molar-refractivity contribution is 7.13. The van der Waals surface area contributed by atoms with Gasteiger partial charge in [0.15, 0.2) is 5.82 Å². The summed E-state index contributed by atoms with van der Waals surface area (Å²) in [5.41, 5.74) is 2.98. The molecule has 3 aliphatic heterocycles. The van der Waals surface area contributed by atoms with Gasteiger partial charge in [-0.2, -0.15) is 9.97 Å². The van der Waals surface area contributed by atoms with Crippen LogP contribution in [0.25, 0.3) is 32.5 Å². The third-order valence-electron chi connectivity index (χ3n) is 14.7. The van der Waals surface area contributed by atoms with E-state index in [0.717, 1.165) is 27.8 Å². The first-order chi connectivity index (χ1) is 37.6. The lowest BCUT2D eigenvalue weighted by Crippen LogP contribution is -2.58. The number of anilines is 1. The van der Waals surface area contributed by atoms with E-state index < -0.39 is 70.4 Å². The fraction of sp³-hybridized carbons (Fsp3) is 0.491. The molecule has 0 aliphatic carbocycles. The first-order valence-corrected chi connectivity index (χ1v) is 27.9. The molecule has 4 N–H and O–H groups in total. The van der Waals surface area contributed by atoms with Crippen molar-refractivity contribution in [1.29, 1.82) is 0 Å². The Morgan fingerprint density at radius 3 is 2.37 bits per heavy atom. The van der Waals surface area contributed by atoms with Gasteiger partial charge in [0.25, 0.3) is 0 Å². The number of fused-ring (bicyclic) bond motifs is 1. The van der Waals surface area contributed by atoms with Crippen LogP contribution in [0.3, 0.4) is 0 Å². The standard InChI is InChI=1S/C57H70ClF2N9O9S/c1-9-46(73)68-22-21-67(27-32(68)2)53-40-26-41(58)47(48-42(59)11-10-12-44(48)71)49(60)50(40)64-56(65-53)78-33(3)28-66-19-17-39(18-20-66)77-24-23-76-30-45(72)63-52(57(6,7)8)55(75)69-29-38(70)25-43(69)54(74)62-34(4)36-13-15-37(16-14-36)51-35(5)61-31-79-51/h9-16,26,31-34,38-39,43,52,70-71H,1,17-25,27-30H2,2-8H3,(H,62,74)(H,63,72)/t32-,33-,34+,38-,43+,52-/m1/s1. The Kier molecular flexibility index (Phi) is 18.9. The second kappa shape index (κ2) is 25.4. The minimum Gasteiger partial charge on any atom is -0.507 e. The maximum atomic E-state index is 16.7. The molecule has 5 aromatic rings. The van der Waals surface area contributed by atoms with Gasteiger partial charge in [0, 0.05) is 69.2 Å². The minimum absolute atomic E-state index is 0.0493. The van der Waals surface area contributed by atoms with Gasteiger partial charge in [-0.3, -0.25) is 24.1 Å². The van der Waals surface area contributed by atoms with Crippen LogP contribution in [0.4, 0.5) is 14.6 Å². The lowest BCUT2D eigenvalue weighted by atomic mass is 9.85. The summed E-state index contributed by atoms with van der Waals surface area (Å²) in [4.78, 5) is 75.6. The number of piperidine rings is 1. The van der Waals surface area contributed by atoms with Crippen molar-refractivity contribution in [3.8, 4) is 33.3 Å². The van der Waals surface area contributed by atoms with E-state index in [1.807, 2.05) is 77.6 Å². The number of aromatic nitrogens is 3. The molecular weight excluding hydrogens is 1060 g/mol. The Morgan fingerprint density at radius 1 is 0.975 bits per heavy atom. The molecule has 3 saturated heterocycles. The summed E-state index contributed by atoms with van der Waals surface area (Å²) in [6, 6.07) is 10.3. The number of benzene rings is 3. The van der Waals surface area contributed by atoms with Crippen molar-refractivity contribution in [3.05, 3.63) is 94.6 Å². The number of carbonyl (C=O) groups is 4. The first kappa shape index (κ1) is 58.8. The molecule has 424 valence electrons. The number of carbonyl (C=O) groups excluding carboxylic acids is 4. The topological polar surface area (TPSA) is 212 Å². The molecule has 0 bridgehead atoms. The van der Waals surface area contributed by atoms with Gasteiger partial charge in [0.05, 0.1) is 58.1 Å². The lowest BCUT2D eigenvalue weighted by Gasteiger charge is -2.40. The number of phenols is 1. The van der Waals surface area contributed by atoms with Crippen LogP contribution in [-0.4, -0.2) is 166 Å². The van der Waals surface area contributed by atoms with Crippen LogP contribution >= 0.6 is 22.9 Å². The fourth-order valence-electron chi connectivity index (χ4n) is 10.5. The van der Waals surface area contributed by atoms with E-state index in [2.05, 4.69) is 32.1 Å². The maximum Gasteiger partial charge on any atom is 0.319 e. The number of β-amino-alcohol motifs (C(OH)–C–C–N with tert-alkyl or cyclic N) is 1. The molecular formula is C57H70ClF2N9O9S. The van der Waals surface area contributed by atoms with Crippen LogP contribution < -0.4 is 20.3 Å². The molecule has 0 saturated carbocycles. The van der Waals surface area contributed by atoms with Gasteiger partial charge in [0.1, 0.15) is 47.7 Å². The van der Waals surface area contributed by atoms with E-state index in [0.29, 0.717) is 57.9 Å². The highest BCUT2D eigenvalue weighted by Crippen LogP contribution is 2.43. The highest BCUT2D eigenvalue weighted by Gasteiger charge is 2.45. The van der Waals surface area contributed by atoms with Crippen LogP contribution in [0, 0.1) is 24.0 Å². The number of nitrogens with one attached hydrogen (secondary N) is 2. The fourth-order valence-corrected chi connectivity index (χ4v) is 11.6. The molecule has 79 heavy (non-hydrogen) atoms. The average Bonchev–Trinajstić information content (AvgIpc) is 4.16. The van der Waals surface area contributed by atoms with Crippen molar-refractivity contribution < 1.29 is 52.4 Å². The molecule has 4 amide bonds. The predicted molar refractivity (Wildman–Crippen MR) is 298 cm³/mol. The number of aryl methyl sites for hydroxylation is 1. The van der Waals surface area contributed by atoms with Crippen molar-refractivity contribution in [2.45, 2.75) is 110 Å². The number of nitrogens with zero attached hydrogens (tertiary/aromatic N) is 7. The van der Waals surface area contributed by atoms with Gasteiger partial charge in [-0.05, 0) is 81.4 Å². The van der Waals surface area contributed by atoms with Crippen molar-refractivity contribution in [2.24, 2.45) is 5.41 Å². The largest absolute Gasteiger partial charge is 0.507 e. The maximum absolute atomic E-state index is 16.7. The monoisotopic (exact) mass is 1130 g/mol. The molecule has 0 radical (unpaired) electrons. The number of hydrogen-bond acceptors (Lipinski definition) is 15. The number of aliphatic hydroxyl groups is 1. The van der Waals surface area contributed by atoms with Crippen LogP contribution in [-0.2, 0) is 28.7 Å². The van der Waals surface area contributed by atoms with Crippen LogP contribution in [0.15, 0.2) is 66.7 Å². The molecule has 5 heterocycles. The normalized spacial score (nSPS) is 19.5.